The highest BCUT2D eigenvalue weighted by Crippen LogP contribution is 2.09. The molecule has 1 aliphatic heterocycles. The molecule has 0 aromatic carbocycles. The van der Waals surface area contributed by atoms with Gasteiger partial charge in [-0.25, -0.2) is 9.97 Å². The van der Waals surface area contributed by atoms with Crippen molar-refractivity contribution >= 4 is 11.7 Å². The normalized spacial score (nSPS) is 15.4. The van der Waals surface area contributed by atoms with E-state index in [1.807, 2.05) is 22.9 Å². The van der Waals surface area contributed by atoms with Gasteiger partial charge in [-0.15, -0.1) is 0 Å². The fourth-order valence-corrected chi connectivity index (χ4v) is 2.09. The number of amides is 1. The van der Waals surface area contributed by atoms with Crippen molar-refractivity contribution in [2.45, 2.75) is 13.3 Å². The van der Waals surface area contributed by atoms with Crippen LogP contribution < -0.4 is 10.2 Å². The monoisotopic (exact) mass is 263 g/mol. The molecule has 6 nitrogen and oxygen atoms in total. The quantitative estimate of drug-likeness (QED) is 0.822. The van der Waals surface area contributed by atoms with Crippen LogP contribution in [0.15, 0.2) is 12.4 Å². The molecule has 1 fully saturated rings. The van der Waals surface area contributed by atoms with Gasteiger partial charge in [0.25, 0.3) is 0 Å². The van der Waals surface area contributed by atoms with E-state index in [-0.39, 0.29) is 5.91 Å². The summed E-state index contributed by atoms with van der Waals surface area (Å²) in [5, 5.41) is 3.24. The molecule has 104 valence electrons. The van der Waals surface area contributed by atoms with Gasteiger partial charge in [0, 0.05) is 45.0 Å². The number of carbonyl (C=O) groups excluding carboxylic acids is 1. The Labute approximate surface area is 113 Å². The van der Waals surface area contributed by atoms with Gasteiger partial charge in [0.15, 0.2) is 0 Å². The number of aryl methyl sites for hydroxylation is 1. The Morgan fingerprint density at radius 2 is 2.16 bits per heavy atom. The minimum atomic E-state index is 0.153. The zero-order valence-corrected chi connectivity index (χ0v) is 11.6. The van der Waals surface area contributed by atoms with E-state index >= 15 is 0 Å². The number of aromatic nitrogens is 2. The Hall–Kier alpha value is -1.69. The van der Waals surface area contributed by atoms with Gasteiger partial charge < -0.3 is 15.1 Å². The lowest BCUT2D eigenvalue weighted by Gasteiger charge is -2.29. The topological polar surface area (TPSA) is 61.4 Å². The Bertz CT molecular complexity index is 431. The Balaban J connectivity index is 1.95. The van der Waals surface area contributed by atoms with Crippen LogP contribution in [0, 0.1) is 0 Å². The molecule has 1 aliphatic rings. The molecule has 0 saturated carbocycles. The summed E-state index contributed by atoms with van der Waals surface area (Å²) in [6.07, 6.45) is 2.43. The van der Waals surface area contributed by atoms with E-state index in [4.69, 9.17) is 0 Å². The van der Waals surface area contributed by atoms with Gasteiger partial charge in [-0.05, 0) is 6.42 Å². The first kappa shape index (κ1) is 13.7. The minimum absolute atomic E-state index is 0.153. The smallest absolute Gasteiger partial charge is 0.242 e. The van der Waals surface area contributed by atoms with E-state index in [1.165, 1.54) is 0 Å². The zero-order chi connectivity index (χ0) is 13.7. The van der Waals surface area contributed by atoms with Crippen LogP contribution in [0.2, 0.25) is 0 Å². The van der Waals surface area contributed by atoms with Crippen LogP contribution in [0.25, 0.3) is 0 Å². The summed E-state index contributed by atoms with van der Waals surface area (Å²) in [5.41, 5.74) is 0.992. The lowest BCUT2D eigenvalue weighted by Crippen LogP contribution is -2.49. The van der Waals surface area contributed by atoms with Crippen molar-refractivity contribution in [2.24, 2.45) is 0 Å². The molecule has 1 aromatic heterocycles. The van der Waals surface area contributed by atoms with Gasteiger partial charge >= 0.3 is 0 Å². The van der Waals surface area contributed by atoms with Gasteiger partial charge in [-0.3, -0.25) is 4.79 Å². The van der Waals surface area contributed by atoms with Crippen LogP contribution in [0.4, 0.5) is 5.82 Å². The molecule has 0 unspecified atom stereocenters. The predicted octanol–water partition coefficient (Wildman–Crippen LogP) is -0.0930. The van der Waals surface area contributed by atoms with E-state index in [0.29, 0.717) is 6.54 Å². The van der Waals surface area contributed by atoms with Gasteiger partial charge in [0.1, 0.15) is 12.1 Å². The third-order valence-electron chi connectivity index (χ3n) is 3.30. The summed E-state index contributed by atoms with van der Waals surface area (Å²) in [6, 6.07) is 1.94. The first-order chi connectivity index (χ1) is 9.20. The molecular formula is C13H21N5O. The maximum Gasteiger partial charge on any atom is 0.242 e. The third-order valence-corrected chi connectivity index (χ3v) is 3.30. The van der Waals surface area contributed by atoms with Crippen molar-refractivity contribution in [3.63, 3.8) is 0 Å². The van der Waals surface area contributed by atoms with E-state index in [2.05, 4.69) is 22.2 Å². The molecule has 0 radical (unpaired) electrons. The molecular weight excluding hydrogens is 242 g/mol. The molecule has 1 amide bonds. The number of likely N-dealkylation sites (N-methyl/N-ethyl adjacent to an activating group) is 1. The Kier molecular flexibility index (Phi) is 4.68. The summed E-state index contributed by atoms with van der Waals surface area (Å²) in [4.78, 5) is 24.3. The molecule has 1 N–H and O–H groups in total. The van der Waals surface area contributed by atoms with Crippen LogP contribution in [0.1, 0.15) is 12.6 Å². The number of hydrogen-bond donors (Lipinski definition) is 1. The number of carbonyl (C=O) groups is 1. The number of piperazine rings is 1. The fraction of sp³-hybridized carbons (Fsp3) is 0.615. The summed E-state index contributed by atoms with van der Waals surface area (Å²) in [5.74, 6) is 0.955. The molecule has 6 heteroatoms. The van der Waals surface area contributed by atoms with Crippen molar-refractivity contribution < 1.29 is 4.79 Å². The first-order valence-electron chi connectivity index (χ1n) is 6.71. The van der Waals surface area contributed by atoms with Crippen LogP contribution in [-0.2, 0) is 11.2 Å². The van der Waals surface area contributed by atoms with Gasteiger partial charge in [-0.2, -0.15) is 0 Å². The molecule has 2 heterocycles. The molecule has 1 saturated heterocycles. The standard InChI is InChI=1S/C13H21N5O/c1-3-11-8-12(16-10-15-11)17(2)9-13(19)18-6-4-14-5-7-18/h8,10,14H,3-7,9H2,1-2H3. The largest absolute Gasteiger partial charge is 0.350 e. The SMILES string of the molecule is CCc1cc(N(C)CC(=O)N2CCNCC2)ncn1. The second-order valence-electron chi connectivity index (χ2n) is 4.71. The van der Waals surface area contributed by atoms with Crippen molar-refractivity contribution in [3.8, 4) is 0 Å². The maximum atomic E-state index is 12.1. The predicted molar refractivity (Wildman–Crippen MR) is 74.1 cm³/mol. The van der Waals surface area contributed by atoms with E-state index in [0.717, 1.165) is 44.1 Å². The average molecular weight is 263 g/mol. The first-order valence-corrected chi connectivity index (χ1v) is 6.71. The number of nitrogens with zero attached hydrogens (tertiary/aromatic N) is 4. The van der Waals surface area contributed by atoms with Crippen LogP contribution >= 0.6 is 0 Å². The highest BCUT2D eigenvalue weighted by Gasteiger charge is 2.18. The maximum absolute atomic E-state index is 12.1. The van der Waals surface area contributed by atoms with Crippen molar-refractivity contribution in [1.29, 1.82) is 0 Å². The lowest BCUT2D eigenvalue weighted by atomic mass is 10.3. The highest BCUT2D eigenvalue weighted by atomic mass is 16.2. The summed E-state index contributed by atoms with van der Waals surface area (Å²) < 4.78 is 0. The molecule has 2 rings (SSSR count). The molecule has 0 atom stereocenters. The average Bonchev–Trinajstić information content (AvgIpc) is 2.48. The number of nitrogens with one attached hydrogen (secondary N) is 1. The highest BCUT2D eigenvalue weighted by molar-refractivity contribution is 5.81. The summed E-state index contributed by atoms with van der Waals surface area (Å²) in [6.45, 7) is 5.75. The van der Waals surface area contributed by atoms with Crippen molar-refractivity contribution in [3.05, 3.63) is 18.1 Å². The van der Waals surface area contributed by atoms with Crippen molar-refractivity contribution in [1.82, 2.24) is 20.2 Å². The Morgan fingerprint density at radius 3 is 2.84 bits per heavy atom. The molecule has 0 aliphatic carbocycles. The van der Waals surface area contributed by atoms with E-state index in [9.17, 15) is 4.79 Å². The zero-order valence-electron chi connectivity index (χ0n) is 11.6. The molecule has 0 bridgehead atoms. The second-order valence-corrected chi connectivity index (χ2v) is 4.71. The van der Waals surface area contributed by atoms with Crippen LogP contribution in [0.5, 0.6) is 0 Å². The van der Waals surface area contributed by atoms with Gasteiger partial charge in [0.2, 0.25) is 5.91 Å². The van der Waals surface area contributed by atoms with Gasteiger partial charge in [0.05, 0.1) is 6.54 Å². The van der Waals surface area contributed by atoms with Crippen LogP contribution in [0.3, 0.4) is 0 Å². The minimum Gasteiger partial charge on any atom is -0.350 e. The van der Waals surface area contributed by atoms with E-state index in [1.54, 1.807) is 6.33 Å². The summed E-state index contributed by atoms with van der Waals surface area (Å²) >= 11 is 0. The fourth-order valence-electron chi connectivity index (χ4n) is 2.09. The second kappa shape index (κ2) is 6.47. The van der Waals surface area contributed by atoms with Crippen LogP contribution in [-0.4, -0.2) is 60.5 Å². The third kappa shape index (κ3) is 3.64. The van der Waals surface area contributed by atoms with Gasteiger partial charge in [-0.1, -0.05) is 6.92 Å². The lowest BCUT2D eigenvalue weighted by molar-refractivity contribution is -0.130. The number of anilines is 1. The summed E-state index contributed by atoms with van der Waals surface area (Å²) in [7, 11) is 1.89. The van der Waals surface area contributed by atoms with E-state index < -0.39 is 0 Å². The van der Waals surface area contributed by atoms with Crippen molar-refractivity contribution in [2.75, 3.05) is 44.7 Å². The Morgan fingerprint density at radius 1 is 1.42 bits per heavy atom. The molecule has 19 heavy (non-hydrogen) atoms. The number of hydrogen-bond acceptors (Lipinski definition) is 5. The number of rotatable bonds is 4. The molecule has 0 spiro atoms. The molecule has 1 aromatic rings.